The van der Waals surface area contributed by atoms with Gasteiger partial charge in [-0.05, 0) is 54.8 Å². The molecule has 1 N–H and O–H groups in total. The lowest BCUT2D eigenvalue weighted by molar-refractivity contribution is -0.115. The monoisotopic (exact) mass is 301 g/mol. The fourth-order valence-corrected chi connectivity index (χ4v) is 2.36. The molecule has 0 heterocycles. The highest BCUT2D eigenvalue weighted by Gasteiger charge is 2.09. The first-order valence-corrected chi connectivity index (χ1v) is 6.98. The van der Waals surface area contributed by atoms with E-state index < -0.39 is 0 Å². The van der Waals surface area contributed by atoms with Gasteiger partial charge in [-0.3, -0.25) is 9.59 Å². The molecule has 0 saturated carbocycles. The fourth-order valence-electron chi connectivity index (χ4n) is 2.23. The Bertz CT molecular complexity index is 655. The highest BCUT2D eigenvalue weighted by atomic mass is 35.5. The molecule has 0 radical (unpaired) electrons. The number of rotatable bonds is 4. The summed E-state index contributed by atoms with van der Waals surface area (Å²) in [4.78, 5) is 22.9. The molecule has 0 aliphatic heterocycles. The van der Waals surface area contributed by atoms with E-state index in [1.165, 1.54) is 0 Å². The predicted octanol–water partition coefficient (Wildman–Crippen LogP) is 3.95. The average molecular weight is 302 g/mol. The van der Waals surface area contributed by atoms with E-state index >= 15 is 0 Å². The van der Waals surface area contributed by atoms with Gasteiger partial charge in [0.05, 0.1) is 6.42 Å². The number of halogens is 1. The van der Waals surface area contributed by atoms with Crippen LogP contribution >= 0.6 is 11.6 Å². The van der Waals surface area contributed by atoms with Crippen molar-refractivity contribution < 1.29 is 9.59 Å². The Balaban J connectivity index is 2.12. The zero-order valence-electron chi connectivity index (χ0n) is 11.9. The molecule has 21 heavy (non-hydrogen) atoms. The van der Waals surface area contributed by atoms with E-state index in [9.17, 15) is 9.59 Å². The first-order chi connectivity index (χ1) is 9.99. The van der Waals surface area contributed by atoms with E-state index in [4.69, 9.17) is 11.6 Å². The van der Waals surface area contributed by atoms with Crippen LogP contribution in [0.1, 0.15) is 27.0 Å². The summed E-state index contributed by atoms with van der Waals surface area (Å²) < 4.78 is 0. The van der Waals surface area contributed by atoms with E-state index in [-0.39, 0.29) is 12.3 Å². The summed E-state index contributed by atoms with van der Waals surface area (Å²) in [6, 6.07) is 10.7. The Morgan fingerprint density at radius 2 is 1.71 bits per heavy atom. The van der Waals surface area contributed by atoms with Gasteiger partial charge in [0.15, 0.2) is 0 Å². The van der Waals surface area contributed by atoms with E-state index in [0.717, 1.165) is 28.7 Å². The summed E-state index contributed by atoms with van der Waals surface area (Å²) in [7, 11) is 0. The number of carbonyl (C=O) groups is 2. The van der Waals surface area contributed by atoms with E-state index in [0.29, 0.717) is 10.6 Å². The number of hydrogen-bond acceptors (Lipinski definition) is 2. The Labute approximate surface area is 128 Å². The van der Waals surface area contributed by atoms with Crippen LogP contribution in [0.5, 0.6) is 0 Å². The topological polar surface area (TPSA) is 46.2 Å². The quantitative estimate of drug-likeness (QED) is 0.869. The van der Waals surface area contributed by atoms with E-state index in [1.807, 2.05) is 26.0 Å². The summed E-state index contributed by atoms with van der Waals surface area (Å²) in [6.07, 6.45) is 1.09. The molecule has 0 fully saturated rings. The third-order valence-electron chi connectivity index (χ3n) is 3.23. The largest absolute Gasteiger partial charge is 0.325 e. The van der Waals surface area contributed by atoms with E-state index in [2.05, 4.69) is 5.32 Å². The number of amides is 1. The van der Waals surface area contributed by atoms with E-state index in [1.54, 1.807) is 24.3 Å². The number of benzene rings is 2. The molecule has 3 nitrogen and oxygen atoms in total. The van der Waals surface area contributed by atoms with Crippen LogP contribution in [0, 0.1) is 13.8 Å². The van der Waals surface area contributed by atoms with Crippen molar-refractivity contribution >= 4 is 29.5 Å². The van der Waals surface area contributed by atoms with Crippen molar-refractivity contribution in [2.24, 2.45) is 0 Å². The number of aryl methyl sites for hydroxylation is 2. The standard InChI is InChI=1S/C17H16ClNO2/c1-11-7-14(10-20)8-12(2)17(11)19-16(21)9-13-3-5-15(18)6-4-13/h3-8,10H,9H2,1-2H3,(H,19,21). The van der Waals surface area contributed by atoms with Gasteiger partial charge in [-0.25, -0.2) is 0 Å². The maximum absolute atomic E-state index is 12.1. The van der Waals surface area contributed by atoms with Gasteiger partial charge in [0.25, 0.3) is 0 Å². The van der Waals surface area contributed by atoms with Gasteiger partial charge in [0.1, 0.15) is 6.29 Å². The molecule has 2 aromatic carbocycles. The van der Waals surface area contributed by atoms with Gasteiger partial charge in [-0.15, -0.1) is 0 Å². The van der Waals surface area contributed by atoms with Crippen LogP contribution < -0.4 is 5.32 Å². The molecule has 2 aromatic rings. The molecule has 0 aliphatic rings. The smallest absolute Gasteiger partial charge is 0.228 e. The Kier molecular flexibility index (Phi) is 4.76. The molecular formula is C17H16ClNO2. The maximum atomic E-state index is 12.1. The second-order valence-electron chi connectivity index (χ2n) is 5.00. The van der Waals surface area contributed by atoms with Crippen molar-refractivity contribution in [2.45, 2.75) is 20.3 Å². The molecule has 108 valence electrons. The summed E-state index contributed by atoms with van der Waals surface area (Å²) in [5, 5.41) is 3.55. The molecule has 2 rings (SSSR count). The molecule has 0 aromatic heterocycles. The average Bonchev–Trinajstić information content (AvgIpc) is 2.45. The minimum Gasteiger partial charge on any atom is -0.325 e. The number of carbonyl (C=O) groups excluding carboxylic acids is 2. The van der Waals surface area contributed by atoms with Crippen molar-refractivity contribution in [2.75, 3.05) is 5.32 Å². The highest BCUT2D eigenvalue weighted by molar-refractivity contribution is 6.30. The van der Waals surface area contributed by atoms with Gasteiger partial charge in [-0.2, -0.15) is 0 Å². The first kappa shape index (κ1) is 15.3. The van der Waals surface area contributed by atoms with Gasteiger partial charge in [0.2, 0.25) is 5.91 Å². The van der Waals surface area contributed by atoms with Crippen LogP contribution in [0.25, 0.3) is 0 Å². The van der Waals surface area contributed by atoms with Crippen molar-refractivity contribution in [3.8, 4) is 0 Å². The molecule has 0 saturated heterocycles. The summed E-state index contributed by atoms with van der Waals surface area (Å²) in [5.41, 5.74) is 4.03. The second-order valence-corrected chi connectivity index (χ2v) is 5.44. The molecule has 0 unspecified atom stereocenters. The van der Waals surface area contributed by atoms with Gasteiger partial charge in [-0.1, -0.05) is 23.7 Å². The van der Waals surface area contributed by atoms with Crippen LogP contribution in [0.3, 0.4) is 0 Å². The van der Waals surface area contributed by atoms with Crippen molar-refractivity contribution in [3.05, 3.63) is 63.7 Å². The third kappa shape index (κ3) is 3.92. The highest BCUT2D eigenvalue weighted by Crippen LogP contribution is 2.22. The minimum atomic E-state index is -0.0950. The minimum absolute atomic E-state index is 0.0950. The molecule has 4 heteroatoms. The van der Waals surface area contributed by atoms with Crippen molar-refractivity contribution in [3.63, 3.8) is 0 Å². The Morgan fingerprint density at radius 3 is 2.24 bits per heavy atom. The van der Waals surface area contributed by atoms with Crippen LogP contribution in [0.2, 0.25) is 5.02 Å². The molecule has 0 spiro atoms. The summed E-state index contributed by atoms with van der Waals surface area (Å²) in [5.74, 6) is -0.0950. The fraction of sp³-hybridized carbons (Fsp3) is 0.176. The number of anilines is 1. The molecule has 1 amide bonds. The lowest BCUT2D eigenvalue weighted by Gasteiger charge is -2.12. The zero-order chi connectivity index (χ0) is 15.4. The Hall–Kier alpha value is -2.13. The van der Waals surface area contributed by atoms with Gasteiger partial charge < -0.3 is 5.32 Å². The molecular weight excluding hydrogens is 286 g/mol. The summed E-state index contributed by atoms with van der Waals surface area (Å²) >= 11 is 5.82. The first-order valence-electron chi connectivity index (χ1n) is 6.60. The lowest BCUT2D eigenvalue weighted by Crippen LogP contribution is -2.16. The van der Waals surface area contributed by atoms with Crippen LogP contribution in [0.15, 0.2) is 36.4 Å². The normalized spacial score (nSPS) is 10.2. The molecule has 0 bridgehead atoms. The number of aldehydes is 1. The zero-order valence-corrected chi connectivity index (χ0v) is 12.7. The van der Waals surface area contributed by atoms with Crippen molar-refractivity contribution in [1.82, 2.24) is 0 Å². The molecule has 0 aliphatic carbocycles. The number of nitrogens with one attached hydrogen (secondary N) is 1. The van der Waals surface area contributed by atoms with Gasteiger partial charge in [0, 0.05) is 16.3 Å². The summed E-state index contributed by atoms with van der Waals surface area (Å²) in [6.45, 7) is 3.75. The van der Waals surface area contributed by atoms with Crippen LogP contribution in [-0.4, -0.2) is 12.2 Å². The number of hydrogen-bond donors (Lipinski definition) is 1. The second kappa shape index (κ2) is 6.55. The van der Waals surface area contributed by atoms with Crippen LogP contribution in [-0.2, 0) is 11.2 Å². The van der Waals surface area contributed by atoms with Crippen molar-refractivity contribution in [1.29, 1.82) is 0 Å². The lowest BCUT2D eigenvalue weighted by atomic mass is 10.0. The SMILES string of the molecule is Cc1cc(C=O)cc(C)c1NC(=O)Cc1ccc(Cl)cc1. The predicted molar refractivity (Wildman–Crippen MR) is 85.1 cm³/mol. The molecule has 0 atom stereocenters. The maximum Gasteiger partial charge on any atom is 0.228 e. The van der Waals surface area contributed by atoms with Crippen LogP contribution in [0.4, 0.5) is 5.69 Å². The third-order valence-corrected chi connectivity index (χ3v) is 3.49. The Morgan fingerprint density at radius 1 is 1.14 bits per heavy atom. The van der Waals surface area contributed by atoms with Gasteiger partial charge >= 0.3 is 0 Å².